The van der Waals surface area contributed by atoms with Crippen molar-refractivity contribution in [2.45, 2.75) is 58.8 Å². The molecule has 2 N–H and O–H groups in total. The van der Waals surface area contributed by atoms with Gasteiger partial charge in [-0.2, -0.15) is 0 Å². The Morgan fingerprint density at radius 3 is 2.18 bits per heavy atom. The zero-order valence-corrected chi connectivity index (χ0v) is 11.8. The highest BCUT2D eigenvalue weighted by atomic mass is 14.5. The van der Waals surface area contributed by atoms with Crippen molar-refractivity contribution in [3.63, 3.8) is 0 Å². The predicted molar refractivity (Wildman–Crippen MR) is 76.5 cm³/mol. The number of hydrogen-bond donors (Lipinski definition) is 1. The zero-order valence-electron chi connectivity index (χ0n) is 11.8. The summed E-state index contributed by atoms with van der Waals surface area (Å²) in [6, 6.07) is 7.08. The van der Waals surface area contributed by atoms with E-state index >= 15 is 0 Å². The van der Waals surface area contributed by atoms with E-state index in [0.717, 1.165) is 25.8 Å². The first-order valence-corrected chi connectivity index (χ1v) is 6.80. The van der Waals surface area contributed by atoms with Crippen LogP contribution in [-0.2, 0) is 18.3 Å². The standard InChI is InChI=1S/C16H27N/c1-5-13-10-14(8-6-7-9-17)12-15(11-13)16(2,3)4/h10-12H,5-9,17H2,1-4H3. The van der Waals surface area contributed by atoms with Crippen molar-refractivity contribution in [1.82, 2.24) is 0 Å². The van der Waals surface area contributed by atoms with E-state index in [1.807, 2.05) is 0 Å². The SMILES string of the molecule is CCc1cc(CCCCN)cc(C(C)(C)C)c1. The highest BCUT2D eigenvalue weighted by Crippen LogP contribution is 2.25. The van der Waals surface area contributed by atoms with Gasteiger partial charge >= 0.3 is 0 Å². The number of hydrogen-bond acceptors (Lipinski definition) is 1. The topological polar surface area (TPSA) is 26.0 Å². The van der Waals surface area contributed by atoms with E-state index in [-0.39, 0.29) is 5.41 Å². The normalized spacial score (nSPS) is 11.8. The van der Waals surface area contributed by atoms with E-state index in [1.54, 1.807) is 0 Å². The Morgan fingerprint density at radius 1 is 1.00 bits per heavy atom. The second kappa shape index (κ2) is 6.20. The third kappa shape index (κ3) is 4.51. The van der Waals surface area contributed by atoms with Gasteiger partial charge in [0.15, 0.2) is 0 Å². The Kier molecular flexibility index (Phi) is 5.20. The van der Waals surface area contributed by atoms with Crippen molar-refractivity contribution in [1.29, 1.82) is 0 Å². The maximum absolute atomic E-state index is 5.55. The molecule has 96 valence electrons. The van der Waals surface area contributed by atoms with E-state index in [9.17, 15) is 0 Å². The van der Waals surface area contributed by atoms with Gasteiger partial charge in [-0.1, -0.05) is 45.9 Å². The summed E-state index contributed by atoms with van der Waals surface area (Å²) in [4.78, 5) is 0. The lowest BCUT2D eigenvalue weighted by Crippen LogP contribution is -2.12. The number of aryl methyl sites for hydroxylation is 2. The molecule has 0 aliphatic heterocycles. The maximum Gasteiger partial charge on any atom is -0.00772 e. The highest BCUT2D eigenvalue weighted by Gasteiger charge is 2.14. The number of benzene rings is 1. The molecule has 1 aromatic carbocycles. The lowest BCUT2D eigenvalue weighted by molar-refractivity contribution is 0.587. The van der Waals surface area contributed by atoms with Gasteiger partial charge in [0.1, 0.15) is 0 Å². The van der Waals surface area contributed by atoms with Crippen LogP contribution in [0, 0.1) is 0 Å². The Morgan fingerprint density at radius 2 is 1.65 bits per heavy atom. The number of nitrogens with two attached hydrogens (primary N) is 1. The molecule has 0 unspecified atom stereocenters. The van der Waals surface area contributed by atoms with Gasteiger partial charge in [0.25, 0.3) is 0 Å². The van der Waals surface area contributed by atoms with Gasteiger partial charge in [-0.3, -0.25) is 0 Å². The van der Waals surface area contributed by atoms with Crippen LogP contribution in [0.5, 0.6) is 0 Å². The summed E-state index contributed by atoms with van der Waals surface area (Å²) in [5.41, 5.74) is 10.2. The average molecular weight is 233 g/mol. The fourth-order valence-electron chi connectivity index (χ4n) is 2.02. The monoisotopic (exact) mass is 233 g/mol. The third-order valence-electron chi connectivity index (χ3n) is 3.25. The molecule has 0 aromatic heterocycles. The van der Waals surface area contributed by atoms with Crippen molar-refractivity contribution in [2.75, 3.05) is 6.54 Å². The van der Waals surface area contributed by atoms with E-state index in [2.05, 4.69) is 45.9 Å². The first kappa shape index (κ1) is 14.2. The Bertz CT molecular complexity index is 347. The van der Waals surface area contributed by atoms with Gasteiger partial charge < -0.3 is 5.73 Å². The van der Waals surface area contributed by atoms with Crippen LogP contribution in [0.2, 0.25) is 0 Å². The predicted octanol–water partition coefficient (Wildman–Crippen LogP) is 3.83. The molecule has 1 heteroatoms. The minimum absolute atomic E-state index is 0.244. The molecular formula is C16H27N. The van der Waals surface area contributed by atoms with Gasteiger partial charge in [-0.05, 0) is 54.3 Å². The molecule has 0 aliphatic rings. The van der Waals surface area contributed by atoms with Crippen LogP contribution < -0.4 is 5.73 Å². The Balaban J connectivity index is 2.89. The lowest BCUT2D eigenvalue weighted by atomic mass is 9.84. The second-order valence-corrected chi connectivity index (χ2v) is 5.89. The Hall–Kier alpha value is -0.820. The molecule has 1 aromatic rings. The summed E-state index contributed by atoms with van der Waals surface area (Å²) >= 11 is 0. The minimum Gasteiger partial charge on any atom is -0.330 e. The van der Waals surface area contributed by atoms with Crippen LogP contribution in [0.1, 0.15) is 57.2 Å². The Labute approximate surface area is 106 Å². The van der Waals surface area contributed by atoms with E-state index in [4.69, 9.17) is 5.73 Å². The molecule has 0 amide bonds. The molecule has 0 heterocycles. The summed E-state index contributed by atoms with van der Waals surface area (Å²) in [5.74, 6) is 0. The van der Waals surface area contributed by atoms with Crippen LogP contribution in [0.4, 0.5) is 0 Å². The lowest BCUT2D eigenvalue weighted by Gasteiger charge is -2.21. The average Bonchev–Trinajstić information content (AvgIpc) is 2.28. The van der Waals surface area contributed by atoms with Crippen LogP contribution in [-0.4, -0.2) is 6.54 Å². The first-order chi connectivity index (χ1) is 7.97. The molecule has 0 spiro atoms. The highest BCUT2D eigenvalue weighted by molar-refractivity contribution is 5.34. The molecule has 0 saturated carbocycles. The van der Waals surface area contributed by atoms with Crippen LogP contribution in [0.25, 0.3) is 0 Å². The van der Waals surface area contributed by atoms with Gasteiger partial charge in [0.2, 0.25) is 0 Å². The molecular weight excluding hydrogens is 206 g/mol. The smallest absolute Gasteiger partial charge is 0.00772 e. The molecule has 1 nitrogen and oxygen atoms in total. The van der Waals surface area contributed by atoms with Crippen molar-refractivity contribution in [2.24, 2.45) is 5.73 Å². The first-order valence-electron chi connectivity index (χ1n) is 6.80. The van der Waals surface area contributed by atoms with Crippen molar-refractivity contribution in [3.8, 4) is 0 Å². The fourth-order valence-corrected chi connectivity index (χ4v) is 2.02. The van der Waals surface area contributed by atoms with E-state index < -0.39 is 0 Å². The van der Waals surface area contributed by atoms with Gasteiger partial charge in [-0.15, -0.1) is 0 Å². The summed E-state index contributed by atoms with van der Waals surface area (Å²) in [6.07, 6.45) is 4.61. The quantitative estimate of drug-likeness (QED) is 0.769. The maximum atomic E-state index is 5.55. The fraction of sp³-hybridized carbons (Fsp3) is 0.625. The summed E-state index contributed by atoms with van der Waals surface area (Å²) in [6.45, 7) is 9.88. The van der Waals surface area contributed by atoms with Crippen molar-refractivity contribution >= 4 is 0 Å². The molecule has 0 bridgehead atoms. The molecule has 17 heavy (non-hydrogen) atoms. The summed E-state index contributed by atoms with van der Waals surface area (Å²) < 4.78 is 0. The molecule has 0 radical (unpaired) electrons. The van der Waals surface area contributed by atoms with Crippen LogP contribution in [0.3, 0.4) is 0 Å². The number of unbranched alkanes of at least 4 members (excludes halogenated alkanes) is 1. The minimum atomic E-state index is 0.244. The third-order valence-corrected chi connectivity index (χ3v) is 3.25. The molecule has 0 aliphatic carbocycles. The van der Waals surface area contributed by atoms with Crippen molar-refractivity contribution in [3.05, 3.63) is 34.9 Å². The van der Waals surface area contributed by atoms with Crippen LogP contribution >= 0.6 is 0 Å². The molecule has 0 fully saturated rings. The molecule has 0 atom stereocenters. The summed E-state index contributed by atoms with van der Waals surface area (Å²) in [7, 11) is 0. The van der Waals surface area contributed by atoms with Gasteiger partial charge in [0, 0.05) is 0 Å². The van der Waals surface area contributed by atoms with E-state index in [1.165, 1.54) is 23.1 Å². The summed E-state index contributed by atoms with van der Waals surface area (Å²) in [5, 5.41) is 0. The zero-order chi connectivity index (χ0) is 12.9. The molecule has 0 saturated heterocycles. The number of rotatable bonds is 5. The van der Waals surface area contributed by atoms with Crippen molar-refractivity contribution < 1.29 is 0 Å². The molecule has 1 rings (SSSR count). The van der Waals surface area contributed by atoms with E-state index in [0.29, 0.717) is 0 Å². The van der Waals surface area contributed by atoms with Gasteiger partial charge in [-0.25, -0.2) is 0 Å². The van der Waals surface area contributed by atoms with Crippen LogP contribution in [0.15, 0.2) is 18.2 Å². The largest absolute Gasteiger partial charge is 0.330 e. The van der Waals surface area contributed by atoms with Gasteiger partial charge in [0.05, 0.1) is 0 Å². The second-order valence-electron chi connectivity index (χ2n) is 5.89.